The Morgan fingerprint density at radius 2 is 1.88 bits per heavy atom. The van der Waals surface area contributed by atoms with Gasteiger partial charge in [0.1, 0.15) is 5.75 Å². The number of benzene rings is 1. The molecule has 0 saturated carbocycles. The average Bonchev–Trinajstić information content (AvgIpc) is 2.27. The molecule has 1 aromatic rings. The molecule has 0 aliphatic rings. The van der Waals surface area contributed by atoms with Crippen molar-refractivity contribution in [2.24, 2.45) is 0 Å². The van der Waals surface area contributed by atoms with Gasteiger partial charge in [0.2, 0.25) is 10.0 Å². The maximum Gasteiger partial charge on any atom is 0.212 e. The summed E-state index contributed by atoms with van der Waals surface area (Å²) in [5.74, 6) is 0.294. The molecular formula is C11H18N2O3S. The summed E-state index contributed by atoms with van der Waals surface area (Å²) in [6, 6.07) is 6.79. The van der Waals surface area contributed by atoms with Crippen LogP contribution in [0.25, 0.3) is 0 Å². The van der Waals surface area contributed by atoms with E-state index in [0.717, 1.165) is 5.56 Å². The number of nitrogens with one attached hydrogen (secondary N) is 2. The number of hydrogen-bond acceptors (Lipinski definition) is 4. The fourth-order valence-corrected chi connectivity index (χ4v) is 2.34. The van der Waals surface area contributed by atoms with Crippen LogP contribution in [-0.4, -0.2) is 32.4 Å². The highest BCUT2D eigenvalue weighted by molar-refractivity contribution is 7.89. The van der Waals surface area contributed by atoms with E-state index >= 15 is 0 Å². The first-order valence-corrected chi connectivity index (χ1v) is 7.14. The molecule has 0 aromatic heterocycles. The molecule has 0 atom stereocenters. The van der Waals surface area contributed by atoms with Gasteiger partial charge in [0.25, 0.3) is 0 Å². The van der Waals surface area contributed by atoms with Crippen molar-refractivity contribution in [2.45, 2.75) is 13.5 Å². The number of hydrogen-bond donors (Lipinski definition) is 3. The molecule has 0 unspecified atom stereocenters. The lowest BCUT2D eigenvalue weighted by Gasteiger charge is -2.06. The van der Waals surface area contributed by atoms with Gasteiger partial charge in [-0.15, -0.1) is 0 Å². The first kappa shape index (κ1) is 14.0. The smallest absolute Gasteiger partial charge is 0.212 e. The SMILES string of the molecule is CCNS(=O)(=O)CCNCc1ccc(O)cc1. The minimum Gasteiger partial charge on any atom is -0.508 e. The van der Waals surface area contributed by atoms with Gasteiger partial charge in [-0.2, -0.15) is 0 Å². The minimum atomic E-state index is -3.15. The molecule has 3 N–H and O–H groups in total. The van der Waals surface area contributed by atoms with Crippen molar-refractivity contribution in [3.05, 3.63) is 29.8 Å². The van der Waals surface area contributed by atoms with Crippen LogP contribution in [0.3, 0.4) is 0 Å². The third-order valence-electron chi connectivity index (χ3n) is 2.18. The molecular weight excluding hydrogens is 240 g/mol. The molecule has 0 heterocycles. The van der Waals surface area contributed by atoms with E-state index in [1.165, 1.54) is 0 Å². The molecule has 0 saturated heterocycles. The number of phenolic OH excluding ortho intramolecular Hbond substituents is 1. The van der Waals surface area contributed by atoms with Gasteiger partial charge in [-0.05, 0) is 17.7 Å². The summed E-state index contributed by atoms with van der Waals surface area (Å²) in [4.78, 5) is 0. The molecule has 0 bridgehead atoms. The van der Waals surface area contributed by atoms with Gasteiger partial charge in [-0.3, -0.25) is 0 Å². The Hall–Kier alpha value is -1.11. The third-order valence-corrected chi connectivity index (χ3v) is 3.65. The first-order valence-electron chi connectivity index (χ1n) is 5.49. The van der Waals surface area contributed by atoms with E-state index in [1.54, 1.807) is 31.2 Å². The highest BCUT2D eigenvalue weighted by atomic mass is 32.2. The van der Waals surface area contributed by atoms with Crippen LogP contribution in [0.1, 0.15) is 12.5 Å². The van der Waals surface area contributed by atoms with Gasteiger partial charge < -0.3 is 10.4 Å². The summed E-state index contributed by atoms with van der Waals surface area (Å²) in [5, 5.41) is 12.1. The molecule has 0 aliphatic carbocycles. The Morgan fingerprint density at radius 1 is 1.24 bits per heavy atom. The van der Waals surface area contributed by atoms with E-state index < -0.39 is 10.0 Å². The van der Waals surface area contributed by atoms with Crippen molar-refractivity contribution < 1.29 is 13.5 Å². The van der Waals surface area contributed by atoms with Crippen LogP contribution >= 0.6 is 0 Å². The number of rotatable bonds is 7. The van der Waals surface area contributed by atoms with E-state index in [0.29, 0.717) is 19.6 Å². The Labute approximate surface area is 102 Å². The lowest BCUT2D eigenvalue weighted by Crippen LogP contribution is -2.31. The van der Waals surface area contributed by atoms with E-state index in [2.05, 4.69) is 10.0 Å². The normalized spacial score (nSPS) is 11.6. The Morgan fingerprint density at radius 3 is 2.47 bits per heavy atom. The monoisotopic (exact) mass is 258 g/mol. The zero-order chi connectivity index (χ0) is 12.7. The van der Waals surface area contributed by atoms with E-state index in [-0.39, 0.29) is 11.5 Å². The zero-order valence-electron chi connectivity index (χ0n) is 9.81. The lowest BCUT2D eigenvalue weighted by atomic mass is 10.2. The van der Waals surface area contributed by atoms with Gasteiger partial charge in [-0.1, -0.05) is 19.1 Å². The maximum absolute atomic E-state index is 11.3. The largest absolute Gasteiger partial charge is 0.508 e. The van der Waals surface area contributed by atoms with Crippen molar-refractivity contribution in [1.82, 2.24) is 10.0 Å². The molecule has 0 aliphatic heterocycles. The average molecular weight is 258 g/mol. The Bertz CT molecular complexity index is 429. The molecule has 0 fully saturated rings. The Kier molecular flexibility index (Phi) is 5.40. The van der Waals surface area contributed by atoms with Gasteiger partial charge in [0.05, 0.1) is 5.75 Å². The van der Waals surface area contributed by atoms with Crippen molar-refractivity contribution >= 4 is 10.0 Å². The van der Waals surface area contributed by atoms with Gasteiger partial charge in [0, 0.05) is 19.6 Å². The number of sulfonamides is 1. The second kappa shape index (κ2) is 6.58. The summed E-state index contributed by atoms with van der Waals surface area (Å²) in [6.07, 6.45) is 0. The van der Waals surface area contributed by atoms with Crippen LogP contribution in [-0.2, 0) is 16.6 Å². The predicted octanol–water partition coefficient (Wildman–Crippen LogP) is 0.421. The van der Waals surface area contributed by atoms with Crippen LogP contribution in [0.15, 0.2) is 24.3 Å². The standard InChI is InChI=1S/C11H18N2O3S/c1-2-13-17(15,16)8-7-12-9-10-3-5-11(14)6-4-10/h3-6,12-14H,2,7-9H2,1H3. The van der Waals surface area contributed by atoms with Crippen LogP contribution in [0.5, 0.6) is 5.75 Å². The van der Waals surface area contributed by atoms with E-state index in [4.69, 9.17) is 5.11 Å². The summed E-state index contributed by atoms with van der Waals surface area (Å²) in [5.41, 5.74) is 1.00. The molecule has 17 heavy (non-hydrogen) atoms. The van der Waals surface area contributed by atoms with E-state index in [1.807, 2.05) is 0 Å². The number of phenols is 1. The minimum absolute atomic E-state index is 0.0684. The van der Waals surface area contributed by atoms with Crippen LogP contribution in [0, 0.1) is 0 Å². The second-order valence-corrected chi connectivity index (χ2v) is 5.59. The molecule has 0 spiro atoms. The summed E-state index contributed by atoms with van der Waals surface area (Å²) in [7, 11) is -3.15. The molecule has 0 radical (unpaired) electrons. The van der Waals surface area contributed by atoms with Crippen molar-refractivity contribution in [1.29, 1.82) is 0 Å². The molecule has 1 rings (SSSR count). The molecule has 5 nitrogen and oxygen atoms in total. The second-order valence-electron chi connectivity index (χ2n) is 3.66. The molecule has 96 valence electrons. The van der Waals surface area contributed by atoms with Crippen LogP contribution in [0.2, 0.25) is 0 Å². The fraction of sp³-hybridized carbons (Fsp3) is 0.455. The zero-order valence-corrected chi connectivity index (χ0v) is 10.6. The molecule has 6 heteroatoms. The van der Waals surface area contributed by atoms with Crippen molar-refractivity contribution in [3.63, 3.8) is 0 Å². The first-order chi connectivity index (χ1) is 8.03. The molecule has 1 aromatic carbocycles. The predicted molar refractivity (Wildman–Crippen MR) is 67.3 cm³/mol. The van der Waals surface area contributed by atoms with Gasteiger partial charge in [-0.25, -0.2) is 13.1 Å². The summed E-state index contributed by atoms with van der Waals surface area (Å²) < 4.78 is 25.0. The lowest BCUT2D eigenvalue weighted by molar-refractivity contribution is 0.475. The fourth-order valence-electron chi connectivity index (χ4n) is 1.35. The van der Waals surface area contributed by atoms with Gasteiger partial charge in [0.15, 0.2) is 0 Å². The van der Waals surface area contributed by atoms with Gasteiger partial charge >= 0.3 is 0 Å². The summed E-state index contributed by atoms with van der Waals surface area (Å²) in [6.45, 7) is 3.15. The quantitative estimate of drug-likeness (QED) is 0.619. The highest BCUT2D eigenvalue weighted by Crippen LogP contribution is 2.08. The van der Waals surface area contributed by atoms with Crippen LogP contribution in [0.4, 0.5) is 0 Å². The van der Waals surface area contributed by atoms with E-state index in [9.17, 15) is 8.42 Å². The van der Waals surface area contributed by atoms with Crippen molar-refractivity contribution in [2.75, 3.05) is 18.8 Å². The number of aromatic hydroxyl groups is 1. The third kappa shape index (κ3) is 5.67. The topological polar surface area (TPSA) is 78.4 Å². The highest BCUT2D eigenvalue weighted by Gasteiger charge is 2.06. The maximum atomic E-state index is 11.3. The molecule has 0 amide bonds. The van der Waals surface area contributed by atoms with Crippen molar-refractivity contribution in [3.8, 4) is 5.75 Å². The summed E-state index contributed by atoms with van der Waals surface area (Å²) >= 11 is 0. The van der Waals surface area contributed by atoms with Crippen LogP contribution < -0.4 is 10.0 Å². The Balaban J connectivity index is 2.27.